The van der Waals surface area contributed by atoms with Gasteiger partial charge in [-0.2, -0.15) is 0 Å². The van der Waals surface area contributed by atoms with Crippen molar-refractivity contribution < 1.29 is 33.4 Å². The van der Waals surface area contributed by atoms with Crippen LogP contribution in [-0.2, 0) is 52.7 Å². The number of likely N-dealkylation sites (N-methyl/N-ethyl adjacent to an activating group) is 1. The molecule has 0 saturated carbocycles. The van der Waals surface area contributed by atoms with E-state index < -0.39 is 59.9 Å². The Bertz CT molecular complexity index is 1840. The number of benzene rings is 3. The standard InChI is InChI=1S/C46H58N4O7/c1-31(2)25-37(48-45(54)41(26-32(3)4)57-46(55)39(49(5)6)29-35-21-15-10-16-22-35)44(53)47-36(27-33-17-11-8-12-18-33)23-24-42(51)50-38(40(56-7)30-43(50)52)28-34-19-13-9-14-20-34/h8-24,30-32,36-39,41H,25-29H2,1-7H3,(H,47,53)(H,48,54)/b24-23+/t36-,37+,38+,39+,41+/m1/s1. The molecule has 1 aliphatic heterocycles. The van der Waals surface area contributed by atoms with Crippen LogP contribution in [0.2, 0.25) is 0 Å². The number of methoxy groups -OCH3 is 1. The van der Waals surface area contributed by atoms with Crippen molar-refractivity contribution in [2.75, 3.05) is 21.2 Å². The van der Waals surface area contributed by atoms with Gasteiger partial charge in [-0.1, -0.05) is 125 Å². The topological polar surface area (TPSA) is 134 Å². The van der Waals surface area contributed by atoms with Crippen LogP contribution >= 0.6 is 0 Å². The maximum absolute atomic E-state index is 14.1. The lowest BCUT2D eigenvalue weighted by molar-refractivity contribution is -0.161. The lowest BCUT2D eigenvalue weighted by atomic mass is 9.99. The molecule has 1 aliphatic rings. The summed E-state index contributed by atoms with van der Waals surface area (Å²) in [4.78, 5) is 71.5. The molecule has 4 rings (SSSR count). The predicted molar refractivity (Wildman–Crippen MR) is 220 cm³/mol. The third kappa shape index (κ3) is 13.6. The lowest BCUT2D eigenvalue weighted by Crippen LogP contribution is -2.53. The number of nitrogens with one attached hydrogen (secondary N) is 2. The number of hydrogen-bond donors (Lipinski definition) is 2. The van der Waals surface area contributed by atoms with Gasteiger partial charge in [0.2, 0.25) is 5.91 Å². The number of imide groups is 1. The van der Waals surface area contributed by atoms with Crippen molar-refractivity contribution in [3.63, 3.8) is 0 Å². The summed E-state index contributed by atoms with van der Waals surface area (Å²) in [6, 6.07) is 25.7. The molecule has 304 valence electrons. The monoisotopic (exact) mass is 778 g/mol. The van der Waals surface area contributed by atoms with Gasteiger partial charge in [0, 0.05) is 18.6 Å². The summed E-state index contributed by atoms with van der Waals surface area (Å²) < 4.78 is 11.4. The number of amides is 4. The molecule has 2 N–H and O–H groups in total. The van der Waals surface area contributed by atoms with Gasteiger partial charge >= 0.3 is 5.97 Å². The van der Waals surface area contributed by atoms with Crippen LogP contribution in [0.25, 0.3) is 0 Å². The van der Waals surface area contributed by atoms with Gasteiger partial charge in [0.25, 0.3) is 17.7 Å². The van der Waals surface area contributed by atoms with Gasteiger partial charge in [0.05, 0.1) is 13.2 Å². The summed E-state index contributed by atoms with van der Waals surface area (Å²) in [7, 11) is 5.06. The van der Waals surface area contributed by atoms with Crippen LogP contribution in [0.4, 0.5) is 0 Å². The molecule has 3 aromatic rings. The predicted octanol–water partition coefficient (Wildman–Crippen LogP) is 5.44. The van der Waals surface area contributed by atoms with Gasteiger partial charge < -0.3 is 20.1 Å². The zero-order chi connectivity index (χ0) is 41.5. The maximum Gasteiger partial charge on any atom is 0.324 e. The molecular weight excluding hydrogens is 721 g/mol. The van der Waals surface area contributed by atoms with E-state index in [0.29, 0.717) is 31.4 Å². The van der Waals surface area contributed by atoms with Crippen LogP contribution in [0.1, 0.15) is 57.2 Å². The van der Waals surface area contributed by atoms with Gasteiger partial charge in [0.15, 0.2) is 6.10 Å². The fourth-order valence-corrected chi connectivity index (χ4v) is 6.79. The van der Waals surface area contributed by atoms with E-state index in [1.165, 1.54) is 24.2 Å². The lowest BCUT2D eigenvalue weighted by Gasteiger charge is -2.28. The summed E-state index contributed by atoms with van der Waals surface area (Å²) in [6.07, 6.45) is 4.79. The first-order chi connectivity index (χ1) is 27.2. The summed E-state index contributed by atoms with van der Waals surface area (Å²) in [5.74, 6) is -2.15. The Morgan fingerprint density at radius 1 is 0.754 bits per heavy atom. The molecule has 0 aromatic heterocycles. The van der Waals surface area contributed by atoms with Gasteiger partial charge in [-0.05, 0) is 68.3 Å². The van der Waals surface area contributed by atoms with E-state index in [4.69, 9.17) is 9.47 Å². The number of esters is 1. The molecule has 57 heavy (non-hydrogen) atoms. The molecule has 0 spiro atoms. The molecule has 0 fully saturated rings. The first-order valence-electron chi connectivity index (χ1n) is 19.7. The second-order valence-corrected chi connectivity index (χ2v) is 15.6. The minimum Gasteiger partial charge on any atom is -0.499 e. The zero-order valence-corrected chi connectivity index (χ0v) is 34.2. The number of nitrogens with zero attached hydrogens (tertiary/aromatic N) is 2. The van der Waals surface area contributed by atoms with Crippen molar-refractivity contribution in [1.29, 1.82) is 0 Å². The van der Waals surface area contributed by atoms with E-state index in [1.54, 1.807) is 25.1 Å². The van der Waals surface area contributed by atoms with Gasteiger partial charge in [-0.15, -0.1) is 0 Å². The maximum atomic E-state index is 14.1. The van der Waals surface area contributed by atoms with Crippen molar-refractivity contribution in [2.24, 2.45) is 11.8 Å². The van der Waals surface area contributed by atoms with Crippen molar-refractivity contribution >= 4 is 29.6 Å². The minimum atomic E-state index is -1.12. The van der Waals surface area contributed by atoms with E-state index in [2.05, 4.69) is 10.6 Å². The third-order valence-electron chi connectivity index (χ3n) is 9.73. The Balaban J connectivity index is 1.53. The Labute approximate surface area is 337 Å². The molecule has 0 unspecified atom stereocenters. The molecular formula is C46H58N4O7. The van der Waals surface area contributed by atoms with Crippen LogP contribution < -0.4 is 10.6 Å². The van der Waals surface area contributed by atoms with E-state index in [1.807, 2.05) is 119 Å². The fraction of sp³-hybridized carbons (Fsp3) is 0.413. The van der Waals surface area contributed by atoms with E-state index in [0.717, 1.165) is 16.7 Å². The number of carbonyl (C=O) groups excluding carboxylic acids is 5. The van der Waals surface area contributed by atoms with Crippen molar-refractivity contribution in [1.82, 2.24) is 20.4 Å². The molecule has 4 amide bonds. The summed E-state index contributed by atoms with van der Waals surface area (Å²) >= 11 is 0. The van der Waals surface area contributed by atoms with Crippen molar-refractivity contribution in [3.05, 3.63) is 132 Å². The quantitative estimate of drug-likeness (QED) is 0.115. The van der Waals surface area contributed by atoms with E-state index >= 15 is 0 Å². The Morgan fingerprint density at radius 3 is 1.82 bits per heavy atom. The highest BCUT2D eigenvalue weighted by Crippen LogP contribution is 2.25. The zero-order valence-electron chi connectivity index (χ0n) is 34.2. The van der Waals surface area contributed by atoms with Gasteiger partial charge in [-0.25, -0.2) is 0 Å². The number of rotatable bonds is 20. The summed E-state index contributed by atoms with van der Waals surface area (Å²) in [5.41, 5.74) is 2.80. The van der Waals surface area contributed by atoms with E-state index in [-0.39, 0.29) is 18.3 Å². The molecule has 11 nitrogen and oxygen atoms in total. The van der Waals surface area contributed by atoms with Crippen LogP contribution in [0.5, 0.6) is 0 Å². The SMILES string of the molecule is COC1=CC(=O)N(C(=O)/C=C/[C@H](Cc2ccccc2)NC(=O)[C@H](CC(C)C)NC(=O)[C@H](CC(C)C)OC(=O)[C@H](Cc2ccccc2)N(C)C)[C@H]1Cc1ccccc1. The van der Waals surface area contributed by atoms with Gasteiger partial charge in [0.1, 0.15) is 23.9 Å². The largest absolute Gasteiger partial charge is 0.499 e. The molecule has 0 saturated heterocycles. The number of ether oxygens (including phenoxy) is 2. The van der Waals surface area contributed by atoms with Crippen LogP contribution in [0.15, 0.2) is 115 Å². The average molecular weight is 779 g/mol. The normalized spacial score (nSPS) is 16.3. The highest BCUT2D eigenvalue weighted by molar-refractivity contribution is 6.08. The number of hydrogen-bond acceptors (Lipinski definition) is 8. The molecule has 5 atom stereocenters. The van der Waals surface area contributed by atoms with Crippen LogP contribution in [-0.4, -0.2) is 90.9 Å². The molecule has 0 radical (unpaired) electrons. The van der Waals surface area contributed by atoms with E-state index in [9.17, 15) is 24.0 Å². The van der Waals surface area contributed by atoms with Crippen molar-refractivity contribution in [3.8, 4) is 0 Å². The second kappa shape index (κ2) is 21.7. The molecule has 11 heteroatoms. The Morgan fingerprint density at radius 2 is 1.30 bits per heavy atom. The van der Waals surface area contributed by atoms with Crippen LogP contribution in [0.3, 0.4) is 0 Å². The molecule has 0 aliphatic carbocycles. The third-order valence-corrected chi connectivity index (χ3v) is 9.73. The highest BCUT2D eigenvalue weighted by atomic mass is 16.5. The molecule has 0 bridgehead atoms. The smallest absolute Gasteiger partial charge is 0.324 e. The average Bonchev–Trinajstić information content (AvgIpc) is 3.49. The fourth-order valence-electron chi connectivity index (χ4n) is 6.79. The first kappa shape index (κ1) is 44.2. The van der Waals surface area contributed by atoms with Gasteiger partial charge in [-0.3, -0.25) is 33.8 Å². The Kier molecular flexibility index (Phi) is 16.8. The number of carbonyl (C=O) groups is 5. The highest BCUT2D eigenvalue weighted by Gasteiger charge is 2.38. The Hall–Kier alpha value is -5.55. The second-order valence-electron chi connectivity index (χ2n) is 15.6. The summed E-state index contributed by atoms with van der Waals surface area (Å²) in [6.45, 7) is 7.77. The van der Waals surface area contributed by atoms with Crippen LogP contribution in [0, 0.1) is 11.8 Å². The van der Waals surface area contributed by atoms with Crippen molar-refractivity contribution in [2.45, 2.75) is 90.1 Å². The molecule has 1 heterocycles. The summed E-state index contributed by atoms with van der Waals surface area (Å²) in [5, 5.41) is 5.93. The molecule has 3 aromatic carbocycles. The minimum absolute atomic E-state index is 0.0146. The first-order valence-corrected chi connectivity index (χ1v) is 19.7.